The van der Waals surface area contributed by atoms with Gasteiger partial charge < -0.3 is 9.15 Å². The second-order valence-electron chi connectivity index (χ2n) is 7.86. The van der Waals surface area contributed by atoms with Crippen molar-refractivity contribution < 1.29 is 9.15 Å². The third kappa shape index (κ3) is 7.54. The van der Waals surface area contributed by atoms with Gasteiger partial charge in [-0.05, 0) is 60.9 Å². The monoisotopic (exact) mass is 440 g/mol. The Bertz CT molecular complexity index is 830. The van der Waals surface area contributed by atoms with Gasteiger partial charge in [-0.15, -0.1) is 0 Å². The smallest absolute Gasteiger partial charge is 0.132 e. The molecule has 1 aromatic heterocycles. The second kappa shape index (κ2) is 12.2. The molecule has 0 aliphatic rings. The highest BCUT2D eigenvalue weighted by Crippen LogP contribution is 2.47. The second-order valence-corrected chi connectivity index (χ2v) is 13.6. The first-order valence-corrected chi connectivity index (χ1v) is 14.3. The zero-order chi connectivity index (χ0) is 21.1. The predicted octanol–water partition coefficient (Wildman–Crippen LogP) is 7.10. The van der Waals surface area contributed by atoms with E-state index >= 15 is 0 Å². The molecule has 1 atom stereocenters. The lowest BCUT2D eigenvalue weighted by molar-refractivity contribution is 0.0414. The summed E-state index contributed by atoms with van der Waals surface area (Å²) in [5.41, 5.74) is 2.76. The van der Waals surface area contributed by atoms with Crippen LogP contribution in [-0.4, -0.2) is 25.1 Å². The first-order chi connectivity index (χ1) is 14.7. The number of furan rings is 1. The van der Waals surface area contributed by atoms with Crippen molar-refractivity contribution in [3.05, 3.63) is 95.9 Å². The summed E-state index contributed by atoms with van der Waals surface area (Å²) in [5, 5.41) is 0. The topological polar surface area (TPSA) is 22.4 Å². The van der Waals surface area contributed by atoms with Crippen molar-refractivity contribution in [2.75, 3.05) is 25.1 Å². The number of rotatable bonds is 13. The van der Waals surface area contributed by atoms with Crippen LogP contribution >= 0.6 is 6.04 Å². The average molecular weight is 441 g/mol. The first-order valence-electron chi connectivity index (χ1n) is 11.0. The highest BCUT2D eigenvalue weighted by atomic mass is 32.4. The van der Waals surface area contributed by atoms with E-state index in [0.29, 0.717) is 6.61 Å². The molecule has 1 unspecified atom stereocenters. The van der Waals surface area contributed by atoms with Crippen molar-refractivity contribution in [2.24, 2.45) is 0 Å². The number of benzene rings is 2. The summed E-state index contributed by atoms with van der Waals surface area (Å²) in [5.74, 6) is 0.929. The molecule has 0 amide bonds. The Labute approximate surface area is 186 Å². The minimum Gasteiger partial charge on any atom is -0.467 e. The van der Waals surface area contributed by atoms with Gasteiger partial charge in [0, 0.05) is 6.16 Å². The molecule has 30 heavy (non-hydrogen) atoms. The fourth-order valence-electron chi connectivity index (χ4n) is 3.70. The van der Waals surface area contributed by atoms with Gasteiger partial charge in [-0.2, -0.15) is 0 Å². The molecule has 4 heteroatoms. The van der Waals surface area contributed by atoms with Crippen molar-refractivity contribution in [3.63, 3.8) is 0 Å². The summed E-state index contributed by atoms with van der Waals surface area (Å²) in [6, 6.07) is 23.9. The van der Waals surface area contributed by atoms with Gasteiger partial charge in [-0.1, -0.05) is 85.8 Å². The van der Waals surface area contributed by atoms with Gasteiger partial charge in [-0.3, -0.25) is 0 Å². The van der Waals surface area contributed by atoms with Crippen LogP contribution in [0.5, 0.6) is 0 Å². The summed E-state index contributed by atoms with van der Waals surface area (Å²) in [6.45, 7) is 2.90. The number of hydrogen-bond acceptors (Lipinski definition) is 3. The third-order valence-corrected chi connectivity index (χ3v) is 10.2. The van der Waals surface area contributed by atoms with E-state index in [1.54, 1.807) is 6.26 Å². The summed E-state index contributed by atoms with van der Waals surface area (Å²) in [4.78, 5) is 0. The molecule has 0 aliphatic heterocycles. The van der Waals surface area contributed by atoms with Crippen LogP contribution in [0, 0.1) is 0 Å². The van der Waals surface area contributed by atoms with Gasteiger partial charge in [0.05, 0.1) is 12.9 Å². The maximum atomic E-state index is 6.32. The van der Waals surface area contributed by atoms with Crippen molar-refractivity contribution in [1.82, 2.24) is 0 Å². The maximum absolute atomic E-state index is 6.32. The van der Waals surface area contributed by atoms with Gasteiger partial charge >= 0.3 is 0 Å². The summed E-state index contributed by atoms with van der Waals surface area (Å²) in [7, 11) is 0. The number of aryl methyl sites for hydroxylation is 2. The molecule has 3 aromatic rings. The Morgan fingerprint density at radius 3 is 1.93 bits per heavy atom. The van der Waals surface area contributed by atoms with E-state index < -0.39 is 6.04 Å². The Morgan fingerprint density at radius 1 is 0.833 bits per heavy atom. The van der Waals surface area contributed by atoms with Crippen LogP contribution in [0.2, 0.25) is 0 Å². The maximum Gasteiger partial charge on any atom is 0.132 e. The van der Waals surface area contributed by atoms with Gasteiger partial charge in [0.2, 0.25) is 0 Å². The summed E-state index contributed by atoms with van der Waals surface area (Å²) < 4.78 is 11.9. The molecule has 0 radical (unpaired) electrons. The lowest BCUT2D eigenvalue weighted by Gasteiger charge is -2.24. The number of ether oxygens (including phenoxy) is 1. The van der Waals surface area contributed by atoms with Gasteiger partial charge in [0.15, 0.2) is 0 Å². The van der Waals surface area contributed by atoms with Crippen LogP contribution in [0.1, 0.15) is 42.8 Å². The van der Waals surface area contributed by atoms with E-state index in [1.165, 1.54) is 11.1 Å². The van der Waals surface area contributed by atoms with E-state index in [1.807, 2.05) is 12.1 Å². The SMILES string of the molecule is CCCC(OCCP(=S)(CCc1ccccc1)CCc1ccccc1)c1ccco1. The highest BCUT2D eigenvalue weighted by molar-refractivity contribution is 8.14. The molecule has 0 bridgehead atoms. The van der Waals surface area contributed by atoms with Crippen LogP contribution in [0.25, 0.3) is 0 Å². The van der Waals surface area contributed by atoms with Gasteiger partial charge in [0.1, 0.15) is 11.9 Å². The molecule has 3 rings (SSSR count). The van der Waals surface area contributed by atoms with E-state index in [2.05, 4.69) is 67.6 Å². The van der Waals surface area contributed by atoms with Crippen molar-refractivity contribution in [3.8, 4) is 0 Å². The minimum atomic E-state index is -1.52. The van der Waals surface area contributed by atoms with Gasteiger partial charge in [0.25, 0.3) is 0 Å². The van der Waals surface area contributed by atoms with Crippen LogP contribution < -0.4 is 0 Å². The zero-order valence-corrected chi connectivity index (χ0v) is 19.6. The Kier molecular flexibility index (Phi) is 9.39. The molecule has 0 saturated carbocycles. The number of hydrogen-bond donors (Lipinski definition) is 0. The Balaban J connectivity index is 1.61. The lowest BCUT2D eigenvalue weighted by Crippen LogP contribution is -2.12. The van der Waals surface area contributed by atoms with E-state index in [-0.39, 0.29) is 6.10 Å². The van der Waals surface area contributed by atoms with E-state index in [0.717, 1.165) is 49.9 Å². The fraction of sp³-hybridized carbons (Fsp3) is 0.385. The summed E-state index contributed by atoms with van der Waals surface area (Å²) in [6.07, 6.45) is 9.12. The molecule has 0 N–H and O–H groups in total. The molecule has 2 nitrogen and oxygen atoms in total. The summed E-state index contributed by atoms with van der Waals surface area (Å²) >= 11 is 6.32. The molecule has 2 aromatic carbocycles. The van der Waals surface area contributed by atoms with Crippen molar-refractivity contribution >= 4 is 17.8 Å². The molecular weight excluding hydrogens is 407 g/mol. The van der Waals surface area contributed by atoms with Crippen LogP contribution in [-0.2, 0) is 29.4 Å². The van der Waals surface area contributed by atoms with E-state index in [4.69, 9.17) is 21.0 Å². The average Bonchev–Trinajstić information content (AvgIpc) is 3.32. The normalized spacial score (nSPS) is 12.7. The minimum absolute atomic E-state index is 0.0386. The standard InChI is InChI=1S/C26H33O2PS/c1-2-10-25(26-15-9-18-27-26)28-19-22-29(30,20-16-23-11-5-3-6-12-23)21-17-24-13-7-4-8-14-24/h3-9,11-15,18,25H,2,10,16-17,19-22H2,1H3. The zero-order valence-electron chi connectivity index (χ0n) is 17.9. The third-order valence-electron chi connectivity index (χ3n) is 5.53. The van der Waals surface area contributed by atoms with Crippen LogP contribution in [0.3, 0.4) is 0 Å². The molecule has 0 spiro atoms. The Morgan fingerprint density at radius 2 is 1.43 bits per heavy atom. The van der Waals surface area contributed by atoms with Gasteiger partial charge in [-0.25, -0.2) is 0 Å². The van der Waals surface area contributed by atoms with Crippen LogP contribution in [0.15, 0.2) is 83.5 Å². The van der Waals surface area contributed by atoms with Crippen molar-refractivity contribution in [1.29, 1.82) is 0 Å². The molecule has 160 valence electrons. The van der Waals surface area contributed by atoms with Crippen molar-refractivity contribution in [2.45, 2.75) is 38.7 Å². The largest absolute Gasteiger partial charge is 0.467 e. The first kappa shape index (κ1) is 23.0. The molecular formula is C26H33O2PS. The molecule has 0 saturated heterocycles. The molecule has 0 fully saturated rings. The lowest BCUT2D eigenvalue weighted by atomic mass is 10.1. The van der Waals surface area contributed by atoms with Crippen LogP contribution in [0.4, 0.5) is 0 Å². The molecule has 0 aliphatic carbocycles. The predicted molar refractivity (Wildman–Crippen MR) is 131 cm³/mol. The quantitative estimate of drug-likeness (QED) is 0.265. The molecule has 1 heterocycles. The van der Waals surface area contributed by atoms with E-state index in [9.17, 15) is 0 Å². The fourth-order valence-corrected chi connectivity index (χ4v) is 6.91. The highest BCUT2D eigenvalue weighted by Gasteiger charge is 2.20. The Hall–Kier alpha value is -1.67.